The van der Waals surface area contributed by atoms with Gasteiger partial charge in [-0.25, -0.2) is 0 Å². The van der Waals surface area contributed by atoms with Gasteiger partial charge in [0.2, 0.25) is 0 Å². The third kappa shape index (κ3) is 1.02. The lowest BCUT2D eigenvalue weighted by Gasteiger charge is -2.17. The van der Waals surface area contributed by atoms with Gasteiger partial charge in [-0.1, -0.05) is 6.08 Å². The zero-order valence-corrected chi connectivity index (χ0v) is 7.29. The molecule has 2 bridgehead atoms. The van der Waals surface area contributed by atoms with Crippen LogP contribution in [0.4, 0.5) is 0 Å². The number of aliphatic hydroxyl groups excluding tert-OH is 1. The zero-order valence-electron chi connectivity index (χ0n) is 7.29. The van der Waals surface area contributed by atoms with Gasteiger partial charge in [0.1, 0.15) is 5.78 Å². The molecule has 2 nitrogen and oxygen atoms in total. The van der Waals surface area contributed by atoms with Crippen LogP contribution in [0.15, 0.2) is 11.6 Å². The Kier molecular flexibility index (Phi) is 1.80. The number of aliphatic hydroxyl groups is 1. The van der Waals surface area contributed by atoms with Gasteiger partial charge in [-0.05, 0) is 37.2 Å². The molecule has 0 aromatic carbocycles. The van der Waals surface area contributed by atoms with Crippen LogP contribution in [0.3, 0.4) is 0 Å². The van der Waals surface area contributed by atoms with Gasteiger partial charge in [0.05, 0.1) is 6.61 Å². The first-order chi connectivity index (χ1) is 5.72. The smallest absolute Gasteiger partial charge is 0.133 e. The van der Waals surface area contributed by atoms with Crippen LogP contribution < -0.4 is 0 Å². The van der Waals surface area contributed by atoms with Crippen molar-refractivity contribution in [2.24, 2.45) is 17.8 Å². The minimum atomic E-state index is 0.186. The maximum atomic E-state index is 11.1. The van der Waals surface area contributed by atoms with Crippen LogP contribution >= 0.6 is 0 Å². The van der Waals surface area contributed by atoms with Crippen LogP contribution in [0, 0.1) is 17.8 Å². The molecular formula is C10H14O2. The van der Waals surface area contributed by atoms with Crippen molar-refractivity contribution in [2.75, 3.05) is 6.61 Å². The predicted octanol–water partition coefficient (Wildman–Crippen LogP) is 1.15. The first-order valence-corrected chi connectivity index (χ1v) is 4.54. The highest BCUT2D eigenvalue weighted by molar-refractivity contribution is 5.79. The Labute approximate surface area is 72.3 Å². The van der Waals surface area contributed by atoms with Gasteiger partial charge in [-0.15, -0.1) is 0 Å². The Hall–Kier alpha value is -0.630. The zero-order chi connectivity index (χ0) is 8.72. The molecule has 2 aliphatic carbocycles. The Morgan fingerprint density at radius 1 is 1.67 bits per heavy atom. The summed E-state index contributed by atoms with van der Waals surface area (Å²) in [7, 11) is 0. The molecular weight excluding hydrogens is 152 g/mol. The summed E-state index contributed by atoms with van der Waals surface area (Å²) in [6.45, 7) is 1.86. The standard InChI is InChI=1S/C10H14O2/c1-6(12)10-4-7-2-8(10)3-9(7)5-11/h3,7-8,10-11H,2,4-5H2,1H3. The second-order valence-electron chi connectivity index (χ2n) is 3.95. The molecule has 0 radical (unpaired) electrons. The molecule has 1 saturated carbocycles. The fourth-order valence-corrected chi connectivity index (χ4v) is 2.62. The number of carbonyl (C=O) groups excluding carboxylic acids is 1. The molecule has 3 unspecified atom stereocenters. The first kappa shape index (κ1) is 7.99. The average molecular weight is 166 g/mol. The summed E-state index contributed by atoms with van der Waals surface area (Å²) < 4.78 is 0. The number of allylic oxidation sites excluding steroid dienone is 1. The lowest BCUT2D eigenvalue weighted by molar-refractivity contribution is -0.121. The van der Waals surface area contributed by atoms with Crippen LogP contribution in [0.2, 0.25) is 0 Å². The number of hydrogen-bond acceptors (Lipinski definition) is 2. The van der Waals surface area contributed by atoms with E-state index in [-0.39, 0.29) is 12.5 Å². The van der Waals surface area contributed by atoms with E-state index in [0.717, 1.165) is 18.4 Å². The highest BCUT2D eigenvalue weighted by atomic mass is 16.3. The highest BCUT2D eigenvalue weighted by Gasteiger charge is 2.41. The van der Waals surface area contributed by atoms with Crippen molar-refractivity contribution >= 4 is 5.78 Å². The molecule has 0 saturated heterocycles. The quantitative estimate of drug-likeness (QED) is 0.625. The van der Waals surface area contributed by atoms with Gasteiger partial charge in [0.25, 0.3) is 0 Å². The minimum Gasteiger partial charge on any atom is -0.392 e. The molecule has 66 valence electrons. The van der Waals surface area contributed by atoms with Crippen LogP contribution in [-0.2, 0) is 4.79 Å². The van der Waals surface area contributed by atoms with Crippen LogP contribution in [0.25, 0.3) is 0 Å². The number of carbonyl (C=O) groups is 1. The van der Waals surface area contributed by atoms with Gasteiger partial charge < -0.3 is 5.11 Å². The van der Waals surface area contributed by atoms with Crippen molar-refractivity contribution < 1.29 is 9.90 Å². The van der Waals surface area contributed by atoms with Crippen molar-refractivity contribution in [1.82, 2.24) is 0 Å². The third-order valence-corrected chi connectivity index (χ3v) is 3.27. The normalized spacial score (nSPS) is 38.5. The van der Waals surface area contributed by atoms with E-state index < -0.39 is 0 Å². The first-order valence-electron chi connectivity index (χ1n) is 4.54. The van der Waals surface area contributed by atoms with Crippen molar-refractivity contribution in [3.05, 3.63) is 11.6 Å². The molecule has 2 heteroatoms. The van der Waals surface area contributed by atoms with Crippen LogP contribution in [0.5, 0.6) is 0 Å². The van der Waals surface area contributed by atoms with Gasteiger partial charge in [0, 0.05) is 5.92 Å². The van der Waals surface area contributed by atoms with E-state index in [1.54, 1.807) is 6.92 Å². The second kappa shape index (κ2) is 2.70. The molecule has 2 rings (SSSR count). The monoisotopic (exact) mass is 166 g/mol. The Morgan fingerprint density at radius 3 is 2.83 bits per heavy atom. The number of Topliss-reactive ketones (excluding diaryl/α,β-unsaturated/α-hetero) is 1. The number of ketones is 1. The van der Waals surface area contributed by atoms with Gasteiger partial charge in [-0.2, -0.15) is 0 Å². The fourth-order valence-electron chi connectivity index (χ4n) is 2.62. The average Bonchev–Trinajstić information content (AvgIpc) is 2.60. The summed E-state index contributed by atoms with van der Waals surface area (Å²) in [5.41, 5.74) is 1.16. The number of hydrogen-bond donors (Lipinski definition) is 1. The molecule has 1 fully saturated rings. The Balaban J connectivity index is 2.15. The topological polar surface area (TPSA) is 37.3 Å². The Morgan fingerprint density at radius 2 is 2.42 bits per heavy atom. The molecule has 0 aromatic heterocycles. The van der Waals surface area contributed by atoms with Crippen molar-refractivity contribution in [3.63, 3.8) is 0 Å². The largest absolute Gasteiger partial charge is 0.392 e. The molecule has 12 heavy (non-hydrogen) atoms. The van der Waals surface area contributed by atoms with Crippen molar-refractivity contribution in [2.45, 2.75) is 19.8 Å². The number of rotatable bonds is 2. The molecule has 0 spiro atoms. The number of fused-ring (bicyclic) bond motifs is 2. The van der Waals surface area contributed by atoms with E-state index in [1.807, 2.05) is 0 Å². The maximum Gasteiger partial charge on any atom is 0.133 e. The molecule has 0 aliphatic heterocycles. The Bertz CT molecular complexity index is 242. The van der Waals surface area contributed by atoms with Gasteiger partial charge in [0.15, 0.2) is 0 Å². The minimum absolute atomic E-state index is 0.186. The molecule has 0 heterocycles. The maximum absolute atomic E-state index is 11.1. The van der Waals surface area contributed by atoms with E-state index in [1.165, 1.54) is 0 Å². The van der Waals surface area contributed by atoms with E-state index in [9.17, 15) is 4.79 Å². The van der Waals surface area contributed by atoms with E-state index in [0.29, 0.717) is 17.6 Å². The predicted molar refractivity (Wildman–Crippen MR) is 45.6 cm³/mol. The molecule has 3 atom stereocenters. The lowest BCUT2D eigenvalue weighted by Crippen LogP contribution is -2.17. The lowest BCUT2D eigenvalue weighted by atomic mass is 9.87. The van der Waals surface area contributed by atoms with Crippen molar-refractivity contribution in [3.8, 4) is 0 Å². The summed E-state index contributed by atoms with van der Waals surface area (Å²) in [4.78, 5) is 11.1. The van der Waals surface area contributed by atoms with Gasteiger partial charge in [-0.3, -0.25) is 4.79 Å². The molecule has 1 N–H and O–H groups in total. The van der Waals surface area contributed by atoms with Gasteiger partial charge >= 0.3 is 0 Å². The third-order valence-electron chi connectivity index (χ3n) is 3.27. The molecule has 0 amide bonds. The van der Waals surface area contributed by atoms with E-state index in [2.05, 4.69) is 6.08 Å². The summed E-state index contributed by atoms with van der Waals surface area (Å²) in [5.74, 6) is 1.52. The summed E-state index contributed by atoms with van der Waals surface area (Å²) in [6.07, 6.45) is 4.19. The van der Waals surface area contributed by atoms with Crippen LogP contribution in [0.1, 0.15) is 19.8 Å². The summed E-state index contributed by atoms with van der Waals surface area (Å²) in [5, 5.41) is 8.96. The second-order valence-corrected chi connectivity index (χ2v) is 3.95. The summed E-state index contributed by atoms with van der Waals surface area (Å²) in [6, 6.07) is 0. The van der Waals surface area contributed by atoms with Crippen LogP contribution in [-0.4, -0.2) is 17.5 Å². The van der Waals surface area contributed by atoms with E-state index >= 15 is 0 Å². The van der Waals surface area contributed by atoms with Crippen molar-refractivity contribution in [1.29, 1.82) is 0 Å². The molecule has 0 aromatic rings. The fraction of sp³-hybridized carbons (Fsp3) is 0.700. The molecule has 2 aliphatic rings. The van der Waals surface area contributed by atoms with E-state index in [4.69, 9.17) is 5.11 Å². The highest BCUT2D eigenvalue weighted by Crippen LogP contribution is 2.47. The SMILES string of the molecule is CC(=O)C1CC2CC1C=C2CO. The summed E-state index contributed by atoms with van der Waals surface area (Å²) >= 11 is 0.